The SMILES string of the molecule is CC(C)OC(=O)CCNC(=O)CC(c1ccccc1)c1ccccc1. The van der Waals surface area contributed by atoms with Gasteiger partial charge in [-0.3, -0.25) is 9.59 Å². The highest BCUT2D eigenvalue weighted by Crippen LogP contribution is 2.27. The Morgan fingerprint density at radius 3 is 1.92 bits per heavy atom. The third-order valence-corrected chi connectivity index (χ3v) is 3.81. The number of benzene rings is 2. The highest BCUT2D eigenvalue weighted by molar-refractivity contribution is 5.78. The van der Waals surface area contributed by atoms with E-state index in [2.05, 4.69) is 5.32 Å². The molecule has 0 saturated heterocycles. The summed E-state index contributed by atoms with van der Waals surface area (Å²) in [4.78, 5) is 23.9. The molecule has 2 rings (SSSR count). The maximum Gasteiger partial charge on any atom is 0.307 e. The Kier molecular flexibility index (Phi) is 7.20. The second-order valence-electron chi connectivity index (χ2n) is 6.22. The van der Waals surface area contributed by atoms with Crippen LogP contribution in [0.3, 0.4) is 0 Å². The van der Waals surface area contributed by atoms with Crippen molar-refractivity contribution in [1.29, 1.82) is 0 Å². The smallest absolute Gasteiger partial charge is 0.307 e. The fourth-order valence-electron chi connectivity index (χ4n) is 2.68. The molecule has 0 unspecified atom stereocenters. The number of carbonyl (C=O) groups excluding carboxylic acids is 2. The Morgan fingerprint density at radius 2 is 1.44 bits per heavy atom. The van der Waals surface area contributed by atoms with E-state index in [1.807, 2.05) is 60.7 Å². The van der Waals surface area contributed by atoms with Crippen LogP contribution in [0, 0.1) is 0 Å². The van der Waals surface area contributed by atoms with Crippen molar-refractivity contribution in [3.05, 3.63) is 71.8 Å². The van der Waals surface area contributed by atoms with Gasteiger partial charge < -0.3 is 10.1 Å². The molecule has 1 N–H and O–H groups in total. The van der Waals surface area contributed by atoms with E-state index in [0.717, 1.165) is 11.1 Å². The summed E-state index contributed by atoms with van der Waals surface area (Å²) >= 11 is 0. The van der Waals surface area contributed by atoms with Crippen molar-refractivity contribution in [2.75, 3.05) is 6.54 Å². The first-order valence-electron chi connectivity index (χ1n) is 8.62. The molecule has 0 heterocycles. The summed E-state index contributed by atoms with van der Waals surface area (Å²) < 4.78 is 5.06. The first kappa shape index (κ1) is 18.7. The van der Waals surface area contributed by atoms with Crippen LogP contribution in [0.1, 0.15) is 43.7 Å². The molecular formula is C21H25NO3. The zero-order valence-electron chi connectivity index (χ0n) is 14.8. The average molecular weight is 339 g/mol. The molecular weight excluding hydrogens is 314 g/mol. The Hall–Kier alpha value is -2.62. The minimum atomic E-state index is -0.294. The molecule has 132 valence electrons. The van der Waals surface area contributed by atoms with Crippen LogP contribution in [-0.2, 0) is 14.3 Å². The lowest BCUT2D eigenvalue weighted by Gasteiger charge is -2.18. The number of hydrogen-bond donors (Lipinski definition) is 1. The second kappa shape index (κ2) is 9.62. The van der Waals surface area contributed by atoms with Crippen molar-refractivity contribution in [3.8, 4) is 0 Å². The summed E-state index contributed by atoms with van der Waals surface area (Å²) in [5.74, 6) is -0.377. The normalized spacial score (nSPS) is 10.7. The molecule has 0 fully saturated rings. The molecule has 2 aromatic rings. The van der Waals surface area contributed by atoms with E-state index in [0.29, 0.717) is 13.0 Å². The quantitative estimate of drug-likeness (QED) is 0.747. The number of carbonyl (C=O) groups is 2. The minimum Gasteiger partial charge on any atom is -0.463 e. The predicted octanol–water partition coefficient (Wildman–Crippen LogP) is 3.67. The molecule has 0 atom stereocenters. The molecule has 4 nitrogen and oxygen atoms in total. The summed E-state index contributed by atoms with van der Waals surface area (Å²) in [6.45, 7) is 3.91. The standard InChI is InChI=1S/C21H25NO3/c1-16(2)25-21(24)13-14-22-20(23)15-19(17-9-5-3-6-10-17)18-11-7-4-8-12-18/h3-12,16,19H,13-15H2,1-2H3,(H,22,23). The molecule has 2 aromatic carbocycles. The molecule has 25 heavy (non-hydrogen) atoms. The first-order valence-corrected chi connectivity index (χ1v) is 8.62. The van der Waals surface area contributed by atoms with E-state index < -0.39 is 0 Å². The Balaban J connectivity index is 1.95. The van der Waals surface area contributed by atoms with Crippen LogP contribution in [0.25, 0.3) is 0 Å². The largest absolute Gasteiger partial charge is 0.463 e. The molecule has 0 aliphatic carbocycles. The van der Waals surface area contributed by atoms with Crippen molar-refractivity contribution in [2.45, 2.75) is 38.7 Å². The summed E-state index contributed by atoms with van der Waals surface area (Å²) in [6, 6.07) is 20.0. The topological polar surface area (TPSA) is 55.4 Å². The highest BCUT2D eigenvalue weighted by atomic mass is 16.5. The van der Waals surface area contributed by atoms with Crippen molar-refractivity contribution in [2.24, 2.45) is 0 Å². The molecule has 0 spiro atoms. The summed E-state index contributed by atoms with van der Waals surface area (Å²) in [5.41, 5.74) is 2.20. The average Bonchev–Trinajstić information content (AvgIpc) is 2.60. The van der Waals surface area contributed by atoms with Crippen molar-refractivity contribution in [3.63, 3.8) is 0 Å². The number of hydrogen-bond acceptors (Lipinski definition) is 3. The van der Waals surface area contributed by atoms with Gasteiger partial charge in [0, 0.05) is 18.9 Å². The lowest BCUT2D eigenvalue weighted by atomic mass is 9.88. The van der Waals surface area contributed by atoms with Crippen LogP contribution in [0.15, 0.2) is 60.7 Å². The zero-order valence-corrected chi connectivity index (χ0v) is 14.8. The molecule has 0 saturated carbocycles. The van der Waals surface area contributed by atoms with E-state index >= 15 is 0 Å². The van der Waals surface area contributed by atoms with Crippen molar-refractivity contribution < 1.29 is 14.3 Å². The molecule has 0 radical (unpaired) electrons. The molecule has 0 aromatic heterocycles. The number of esters is 1. The van der Waals surface area contributed by atoms with Gasteiger partial charge in [0.05, 0.1) is 12.5 Å². The summed E-state index contributed by atoms with van der Waals surface area (Å²) in [7, 11) is 0. The van der Waals surface area contributed by atoms with Gasteiger partial charge in [0.25, 0.3) is 0 Å². The molecule has 0 bridgehead atoms. The minimum absolute atomic E-state index is 0.00924. The monoisotopic (exact) mass is 339 g/mol. The maximum absolute atomic E-state index is 12.3. The second-order valence-corrected chi connectivity index (χ2v) is 6.22. The fraction of sp³-hybridized carbons (Fsp3) is 0.333. The molecule has 0 aliphatic heterocycles. The predicted molar refractivity (Wildman–Crippen MR) is 98.2 cm³/mol. The highest BCUT2D eigenvalue weighted by Gasteiger charge is 2.18. The van der Waals surface area contributed by atoms with Crippen molar-refractivity contribution >= 4 is 11.9 Å². The van der Waals surface area contributed by atoms with Crippen LogP contribution in [0.5, 0.6) is 0 Å². The zero-order chi connectivity index (χ0) is 18.1. The lowest BCUT2D eigenvalue weighted by Crippen LogP contribution is -2.28. The molecule has 1 amide bonds. The van der Waals surface area contributed by atoms with Gasteiger partial charge in [-0.2, -0.15) is 0 Å². The summed E-state index contributed by atoms with van der Waals surface area (Å²) in [6.07, 6.45) is 0.391. The van der Waals surface area contributed by atoms with Gasteiger partial charge in [0.2, 0.25) is 5.91 Å². The van der Waals surface area contributed by atoms with Gasteiger partial charge in [-0.15, -0.1) is 0 Å². The van der Waals surface area contributed by atoms with Crippen LogP contribution < -0.4 is 5.32 Å². The van der Waals surface area contributed by atoms with E-state index in [1.54, 1.807) is 13.8 Å². The number of nitrogens with one attached hydrogen (secondary N) is 1. The Bertz CT molecular complexity index is 629. The van der Waals surface area contributed by atoms with Crippen LogP contribution in [0.2, 0.25) is 0 Å². The van der Waals surface area contributed by atoms with Gasteiger partial charge >= 0.3 is 5.97 Å². The number of rotatable bonds is 8. The number of amides is 1. The van der Waals surface area contributed by atoms with Gasteiger partial charge in [-0.1, -0.05) is 60.7 Å². The Labute approximate surface area is 149 Å². The van der Waals surface area contributed by atoms with Gasteiger partial charge in [-0.25, -0.2) is 0 Å². The summed E-state index contributed by atoms with van der Waals surface area (Å²) in [5, 5.41) is 2.82. The van der Waals surface area contributed by atoms with Crippen molar-refractivity contribution in [1.82, 2.24) is 5.32 Å². The lowest BCUT2D eigenvalue weighted by molar-refractivity contribution is -0.147. The first-order chi connectivity index (χ1) is 12.1. The number of ether oxygens (including phenoxy) is 1. The Morgan fingerprint density at radius 1 is 0.920 bits per heavy atom. The third kappa shape index (κ3) is 6.42. The van der Waals surface area contributed by atoms with Crippen LogP contribution in [-0.4, -0.2) is 24.5 Å². The van der Waals surface area contributed by atoms with Gasteiger partial charge in [0.1, 0.15) is 0 Å². The van der Waals surface area contributed by atoms with Gasteiger partial charge in [-0.05, 0) is 25.0 Å². The van der Waals surface area contributed by atoms with E-state index in [9.17, 15) is 9.59 Å². The molecule has 4 heteroatoms. The van der Waals surface area contributed by atoms with Gasteiger partial charge in [0.15, 0.2) is 0 Å². The maximum atomic E-state index is 12.3. The van der Waals surface area contributed by atoms with Crippen LogP contribution >= 0.6 is 0 Å². The van der Waals surface area contributed by atoms with E-state index in [4.69, 9.17) is 4.74 Å². The molecule has 0 aliphatic rings. The third-order valence-electron chi connectivity index (χ3n) is 3.81. The van der Waals surface area contributed by atoms with E-state index in [1.165, 1.54) is 0 Å². The fourth-order valence-corrected chi connectivity index (χ4v) is 2.68. The van der Waals surface area contributed by atoms with E-state index in [-0.39, 0.29) is 30.3 Å². The van der Waals surface area contributed by atoms with Crippen LogP contribution in [0.4, 0.5) is 0 Å².